The standard InChI is InChI=1S/C23H25N3O3/c1-17-5-4-6-18(13-17)14-21(27)25-11-9-23(29,10-12-25)15-26-16-24-20-8-3-2-7-19(20)22(26)28/h2-8,13,16,29H,9-12,14-15H2,1H3. The van der Waals surface area contributed by atoms with Gasteiger partial charge in [-0.1, -0.05) is 42.0 Å². The largest absolute Gasteiger partial charge is 0.388 e. The van der Waals surface area contributed by atoms with E-state index in [9.17, 15) is 14.7 Å². The fourth-order valence-corrected chi connectivity index (χ4v) is 3.97. The summed E-state index contributed by atoms with van der Waals surface area (Å²) in [6.45, 7) is 3.16. The Kier molecular flexibility index (Phi) is 5.20. The normalized spacial score (nSPS) is 16.1. The average Bonchev–Trinajstić information content (AvgIpc) is 2.71. The first-order chi connectivity index (χ1) is 13.9. The first-order valence-electron chi connectivity index (χ1n) is 9.93. The van der Waals surface area contributed by atoms with E-state index < -0.39 is 5.60 Å². The number of amides is 1. The summed E-state index contributed by atoms with van der Waals surface area (Å²) in [7, 11) is 0. The van der Waals surface area contributed by atoms with Crippen LogP contribution in [0.1, 0.15) is 24.0 Å². The van der Waals surface area contributed by atoms with Gasteiger partial charge in [-0.2, -0.15) is 0 Å². The van der Waals surface area contributed by atoms with Crippen LogP contribution in [0.15, 0.2) is 59.7 Å². The van der Waals surface area contributed by atoms with Crippen molar-refractivity contribution in [2.24, 2.45) is 0 Å². The highest BCUT2D eigenvalue weighted by Crippen LogP contribution is 2.24. The molecule has 6 nitrogen and oxygen atoms in total. The van der Waals surface area contributed by atoms with E-state index in [0.29, 0.717) is 43.3 Å². The maximum atomic E-state index is 12.7. The van der Waals surface area contributed by atoms with Gasteiger partial charge in [-0.05, 0) is 37.5 Å². The zero-order valence-electron chi connectivity index (χ0n) is 16.5. The molecule has 3 aromatic rings. The van der Waals surface area contributed by atoms with Gasteiger partial charge in [0.05, 0.1) is 35.8 Å². The maximum absolute atomic E-state index is 12.7. The molecule has 0 spiro atoms. The van der Waals surface area contributed by atoms with Crippen LogP contribution in [0.3, 0.4) is 0 Å². The Bertz CT molecular complexity index is 1100. The van der Waals surface area contributed by atoms with Crippen molar-refractivity contribution in [3.63, 3.8) is 0 Å². The highest BCUT2D eigenvalue weighted by Gasteiger charge is 2.34. The lowest BCUT2D eigenvalue weighted by Crippen LogP contribution is -2.50. The molecule has 6 heteroatoms. The van der Waals surface area contributed by atoms with Crippen molar-refractivity contribution in [3.05, 3.63) is 76.3 Å². The number of hydrogen-bond acceptors (Lipinski definition) is 4. The molecule has 0 radical (unpaired) electrons. The second-order valence-electron chi connectivity index (χ2n) is 7.97. The fraction of sp³-hybridized carbons (Fsp3) is 0.348. The molecule has 0 saturated carbocycles. The number of aliphatic hydroxyl groups is 1. The number of piperidine rings is 1. The molecule has 1 saturated heterocycles. The lowest BCUT2D eigenvalue weighted by Gasteiger charge is -2.38. The summed E-state index contributed by atoms with van der Waals surface area (Å²) in [6, 6.07) is 15.2. The van der Waals surface area contributed by atoms with Gasteiger partial charge in [-0.25, -0.2) is 4.98 Å². The monoisotopic (exact) mass is 391 g/mol. The van der Waals surface area contributed by atoms with E-state index in [-0.39, 0.29) is 18.0 Å². The topological polar surface area (TPSA) is 75.4 Å². The van der Waals surface area contributed by atoms with Crippen molar-refractivity contribution in [2.75, 3.05) is 13.1 Å². The molecule has 2 heterocycles. The molecule has 1 amide bonds. The van der Waals surface area contributed by atoms with Crippen LogP contribution < -0.4 is 5.56 Å². The molecule has 1 fully saturated rings. The lowest BCUT2D eigenvalue weighted by molar-refractivity contribution is -0.135. The molecule has 1 aromatic heterocycles. The van der Waals surface area contributed by atoms with Gasteiger partial charge in [-0.3, -0.25) is 14.2 Å². The molecule has 4 rings (SSSR count). The Hall–Kier alpha value is -2.99. The van der Waals surface area contributed by atoms with Crippen LogP contribution in [0.25, 0.3) is 10.9 Å². The summed E-state index contributed by atoms with van der Waals surface area (Å²) < 4.78 is 1.48. The van der Waals surface area contributed by atoms with Crippen molar-refractivity contribution in [3.8, 4) is 0 Å². The Morgan fingerprint density at radius 2 is 1.90 bits per heavy atom. The molecule has 0 aliphatic carbocycles. The Morgan fingerprint density at radius 1 is 1.14 bits per heavy atom. The minimum Gasteiger partial charge on any atom is -0.388 e. The quantitative estimate of drug-likeness (QED) is 0.741. The lowest BCUT2D eigenvalue weighted by atomic mass is 9.91. The Balaban J connectivity index is 1.41. The number of carbonyl (C=O) groups excluding carboxylic acids is 1. The van der Waals surface area contributed by atoms with E-state index in [1.165, 1.54) is 10.9 Å². The smallest absolute Gasteiger partial charge is 0.261 e. The number of likely N-dealkylation sites (tertiary alicyclic amines) is 1. The summed E-state index contributed by atoms with van der Waals surface area (Å²) in [6.07, 6.45) is 2.74. The number of aryl methyl sites for hydroxylation is 1. The SMILES string of the molecule is Cc1cccc(CC(=O)N2CCC(O)(Cn3cnc4ccccc4c3=O)CC2)c1. The third-order valence-corrected chi connectivity index (χ3v) is 5.68. The second-order valence-corrected chi connectivity index (χ2v) is 7.97. The number of fused-ring (bicyclic) bond motifs is 1. The Morgan fingerprint density at radius 3 is 2.66 bits per heavy atom. The van der Waals surface area contributed by atoms with E-state index in [1.54, 1.807) is 17.0 Å². The third-order valence-electron chi connectivity index (χ3n) is 5.68. The van der Waals surface area contributed by atoms with Gasteiger partial charge in [0.25, 0.3) is 5.56 Å². The molecule has 1 aliphatic rings. The molecule has 1 aliphatic heterocycles. The van der Waals surface area contributed by atoms with Gasteiger partial charge in [-0.15, -0.1) is 0 Å². The molecular weight excluding hydrogens is 366 g/mol. The van der Waals surface area contributed by atoms with Crippen molar-refractivity contribution >= 4 is 16.8 Å². The van der Waals surface area contributed by atoms with Crippen molar-refractivity contribution in [1.82, 2.24) is 14.5 Å². The second kappa shape index (κ2) is 7.79. The summed E-state index contributed by atoms with van der Waals surface area (Å²) in [5, 5.41) is 11.6. The van der Waals surface area contributed by atoms with E-state index >= 15 is 0 Å². The highest BCUT2D eigenvalue weighted by molar-refractivity contribution is 5.79. The molecule has 150 valence electrons. The molecule has 0 atom stereocenters. The molecule has 1 N–H and O–H groups in total. The molecule has 29 heavy (non-hydrogen) atoms. The first kappa shape index (κ1) is 19.3. The van der Waals surface area contributed by atoms with Crippen LogP contribution in [0.2, 0.25) is 0 Å². The van der Waals surface area contributed by atoms with Crippen LogP contribution >= 0.6 is 0 Å². The molecule has 0 bridgehead atoms. The minimum absolute atomic E-state index is 0.0715. The van der Waals surface area contributed by atoms with Crippen LogP contribution in [0, 0.1) is 6.92 Å². The third kappa shape index (κ3) is 4.22. The van der Waals surface area contributed by atoms with Crippen molar-refractivity contribution in [1.29, 1.82) is 0 Å². The molecule has 0 unspecified atom stereocenters. The summed E-state index contributed by atoms with van der Waals surface area (Å²) in [5.41, 5.74) is 1.62. The van der Waals surface area contributed by atoms with Gasteiger partial charge in [0.2, 0.25) is 5.91 Å². The number of rotatable bonds is 4. The fourth-order valence-electron chi connectivity index (χ4n) is 3.97. The predicted octanol–water partition coefficient (Wildman–Crippen LogP) is 2.30. The first-order valence-corrected chi connectivity index (χ1v) is 9.93. The molecular formula is C23H25N3O3. The number of para-hydroxylation sites is 1. The summed E-state index contributed by atoms with van der Waals surface area (Å²) >= 11 is 0. The average molecular weight is 391 g/mol. The number of nitrogens with zero attached hydrogens (tertiary/aromatic N) is 3. The predicted molar refractivity (Wildman–Crippen MR) is 112 cm³/mol. The van der Waals surface area contributed by atoms with Crippen LogP contribution in [0.4, 0.5) is 0 Å². The van der Waals surface area contributed by atoms with E-state index in [4.69, 9.17) is 0 Å². The van der Waals surface area contributed by atoms with Gasteiger partial charge in [0.1, 0.15) is 0 Å². The summed E-state index contributed by atoms with van der Waals surface area (Å²) in [4.78, 5) is 31.4. The number of carbonyl (C=O) groups is 1. The number of hydrogen-bond donors (Lipinski definition) is 1. The van der Waals surface area contributed by atoms with Crippen LogP contribution in [-0.2, 0) is 17.8 Å². The summed E-state index contributed by atoms with van der Waals surface area (Å²) in [5.74, 6) is 0.0715. The zero-order chi connectivity index (χ0) is 20.4. The van der Waals surface area contributed by atoms with Crippen molar-refractivity contribution in [2.45, 2.75) is 38.3 Å². The van der Waals surface area contributed by atoms with Crippen LogP contribution in [-0.4, -0.2) is 44.2 Å². The Labute approximate surface area is 169 Å². The van der Waals surface area contributed by atoms with E-state index in [1.807, 2.05) is 43.3 Å². The van der Waals surface area contributed by atoms with E-state index in [2.05, 4.69) is 4.98 Å². The van der Waals surface area contributed by atoms with Gasteiger partial charge >= 0.3 is 0 Å². The zero-order valence-corrected chi connectivity index (χ0v) is 16.5. The van der Waals surface area contributed by atoms with E-state index in [0.717, 1.165) is 11.1 Å². The van der Waals surface area contributed by atoms with Gasteiger partial charge in [0, 0.05) is 13.1 Å². The number of aromatic nitrogens is 2. The minimum atomic E-state index is -1.02. The van der Waals surface area contributed by atoms with Crippen molar-refractivity contribution < 1.29 is 9.90 Å². The highest BCUT2D eigenvalue weighted by atomic mass is 16.3. The molecule has 2 aromatic carbocycles. The van der Waals surface area contributed by atoms with Gasteiger partial charge in [0.15, 0.2) is 0 Å². The maximum Gasteiger partial charge on any atom is 0.261 e. The van der Waals surface area contributed by atoms with Crippen LogP contribution in [0.5, 0.6) is 0 Å². The number of benzene rings is 2. The van der Waals surface area contributed by atoms with Gasteiger partial charge < -0.3 is 10.0 Å².